The molecule has 0 spiro atoms. The Kier molecular flexibility index (Phi) is 6.44. The number of para-hydroxylation sites is 1. The molecule has 1 rings (SSSR count). The van der Waals surface area contributed by atoms with Crippen LogP contribution in [0, 0.1) is 0 Å². The topological polar surface area (TPSA) is 12.0 Å². The van der Waals surface area contributed by atoms with Crippen LogP contribution in [-0.2, 0) is 0 Å². The lowest BCUT2D eigenvalue weighted by molar-refractivity contribution is 0.586. The number of nitrogens with one attached hydrogen (secondary N) is 1. The molecule has 16 heavy (non-hydrogen) atoms. The Morgan fingerprint density at radius 1 is 1.06 bits per heavy atom. The zero-order chi connectivity index (χ0) is 12.0. The van der Waals surface area contributed by atoms with Gasteiger partial charge in [-0.1, -0.05) is 32.8 Å². The van der Waals surface area contributed by atoms with Crippen LogP contribution in [0.4, 0.5) is 5.69 Å². The average molecular weight is 349 g/mol. The van der Waals surface area contributed by atoms with Crippen LogP contribution in [0.1, 0.15) is 39.5 Å². The number of hydrogen-bond donors (Lipinski definition) is 1. The Morgan fingerprint density at radius 2 is 1.56 bits per heavy atom. The lowest BCUT2D eigenvalue weighted by atomic mass is 10.1. The number of anilines is 1. The summed E-state index contributed by atoms with van der Waals surface area (Å²) in [7, 11) is 0. The highest BCUT2D eigenvalue weighted by atomic mass is 79.9. The van der Waals surface area contributed by atoms with Crippen molar-refractivity contribution in [3.8, 4) is 0 Å². The molecule has 0 amide bonds. The molecule has 0 aromatic heterocycles. The summed E-state index contributed by atoms with van der Waals surface area (Å²) in [4.78, 5) is 0. The van der Waals surface area contributed by atoms with Crippen molar-refractivity contribution in [1.29, 1.82) is 0 Å². The number of hydrogen-bond acceptors (Lipinski definition) is 1. The Hall–Kier alpha value is -0.0200. The first-order chi connectivity index (χ1) is 7.69. The van der Waals surface area contributed by atoms with E-state index in [-0.39, 0.29) is 0 Å². The summed E-state index contributed by atoms with van der Waals surface area (Å²) in [6.07, 6.45) is 4.89. The predicted molar refractivity (Wildman–Crippen MR) is 79.1 cm³/mol. The Labute approximate surface area is 115 Å². The van der Waals surface area contributed by atoms with Gasteiger partial charge in [0.15, 0.2) is 0 Å². The summed E-state index contributed by atoms with van der Waals surface area (Å²) in [5.41, 5.74) is 1.18. The summed E-state index contributed by atoms with van der Waals surface area (Å²) < 4.78 is 2.25. The van der Waals surface area contributed by atoms with Gasteiger partial charge < -0.3 is 5.32 Å². The molecule has 0 saturated heterocycles. The molecule has 0 saturated carbocycles. The van der Waals surface area contributed by atoms with E-state index in [9.17, 15) is 0 Å². The van der Waals surface area contributed by atoms with Crippen molar-refractivity contribution >= 4 is 37.5 Å². The zero-order valence-electron chi connectivity index (χ0n) is 9.89. The van der Waals surface area contributed by atoms with Crippen LogP contribution in [0.3, 0.4) is 0 Å². The van der Waals surface area contributed by atoms with Crippen molar-refractivity contribution in [2.75, 3.05) is 5.32 Å². The van der Waals surface area contributed by atoms with Gasteiger partial charge in [0.2, 0.25) is 0 Å². The first-order valence-corrected chi connectivity index (χ1v) is 7.48. The molecule has 0 atom stereocenters. The van der Waals surface area contributed by atoms with E-state index in [1.165, 1.54) is 31.4 Å². The molecular formula is C13H19Br2N. The molecule has 0 aliphatic rings. The average Bonchev–Trinajstić information content (AvgIpc) is 2.24. The lowest BCUT2D eigenvalue weighted by Gasteiger charge is -2.20. The van der Waals surface area contributed by atoms with Gasteiger partial charge in [0.1, 0.15) is 0 Å². The van der Waals surface area contributed by atoms with Gasteiger partial charge in [-0.15, -0.1) is 0 Å². The largest absolute Gasteiger partial charge is 0.380 e. The van der Waals surface area contributed by atoms with Gasteiger partial charge in [0.05, 0.1) is 5.69 Å². The minimum Gasteiger partial charge on any atom is -0.380 e. The van der Waals surface area contributed by atoms with E-state index >= 15 is 0 Å². The molecule has 0 heterocycles. The van der Waals surface area contributed by atoms with Crippen LogP contribution in [0.25, 0.3) is 0 Å². The van der Waals surface area contributed by atoms with Crippen LogP contribution in [0.5, 0.6) is 0 Å². The smallest absolute Gasteiger partial charge is 0.0631 e. The van der Waals surface area contributed by atoms with E-state index in [1.807, 2.05) is 6.07 Å². The third-order valence-corrected chi connectivity index (χ3v) is 3.91. The molecule has 1 aromatic carbocycles. The minimum atomic E-state index is 0.574. The van der Waals surface area contributed by atoms with Gasteiger partial charge in [-0.2, -0.15) is 0 Å². The normalized spacial score (nSPS) is 10.8. The maximum Gasteiger partial charge on any atom is 0.0631 e. The van der Waals surface area contributed by atoms with Gasteiger partial charge in [-0.25, -0.2) is 0 Å². The molecule has 0 radical (unpaired) electrons. The number of rotatable bonds is 6. The molecule has 90 valence electrons. The van der Waals surface area contributed by atoms with Crippen molar-refractivity contribution in [2.45, 2.75) is 45.6 Å². The van der Waals surface area contributed by atoms with Crippen LogP contribution < -0.4 is 5.32 Å². The summed E-state index contributed by atoms with van der Waals surface area (Å²) in [6.45, 7) is 4.47. The number of halogens is 2. The van der Waals surface area contributed by atoms with Gasteiger partial charge in [-0.05, 0) is 56.8 Å². The molecule has 3 heteroatoms. The van der Waals surface area contributed by atoms with Gasteiger partial charge >= 0.3 is 0 Å². The van der Waals surface area contributed by atoms with E-state index < -0.39 is 0 Å². The summed E-state index contributed by atoms with van der Waals surface area (Å²) >= 11 is 7.17. The fourth-order valence-electron chi connectivity index (χ4n) is 1.83. The standard InChI is InChI=1S/C13H19Br2N/c1-3-6-10(7-4-2)16-13-11(14)8-5-9-12(13)15/h5,8-10,16H,3-4,6-7H2,1-2H3. The van der Waals surface area contributed by atoms with E-state index in [2.05, 4.69) is 63.2 Å². The van der Waals surface area contributed by atoms with Gasteiger partial charge in [0, 0.05) is 15.0 Å². The quantitative estimate of drug-likeness (QED) is 0.706. The molecule has 0 bridgehead atoms. The van der Waals surface area contributed by atoms with E-state index in [4.69, 9.17) is 0 Å². The second-order valence-electron chi connectivity index (χ2n) is 4.02. The third-order valence-electron chi connectivity index (χ3n) is 2.59. The maximum atomic E-state index is 3.62. The highest BCUT2D eigenvalue weighted by Gasteiger charge is 2.10. The zero-order valence-corrected chi connectivity index (χ0v) is 13.1. The summed E-state index contributed by atoms with van der Waals surface area (Å²) in [6, 6.07) is 6.75. The molecular weight excluding hydrogens is 330 g/mol. The SMILES string of the molecule is CCCC(CCC)Nc1c(Br)cccc1Br. The van der Waals surface area contributed by atoms with Crippen LogP contribution in [0.2, 0.25) is 0 Å². The first-order valence-electron chi connectivity index (χ1n) is 5.89. The summed E-state index contributed by atoms with van der Waals surface area (Å²) in [5.74, 6) is 0. The van der Waals surface area contributed by atoms with Crippen LogP contribution in [0.15, 0.2) is 27.1 Å². The maximum absolute atomic E-state index is 3.62. The highest BCUT2D eigenvalue weighted by molar-refractivity contribution is 9.11. The minimum absolute atomic E-state index is 0.574. The predicted octanol–water partition coefficient (Wildman–Crippen LogP) is 5.59. The fourth-order valence-corrected chi connectivity index (χ4v) is 3.05. The second kappa shape index (κ2) is 7.33. The number of benzene rings is 1. The molecule has 1 nitrogen and oxygen atoms in total. The van der Waals surface area contributed by atoms with Crippen molar-refractivity contribution in [1.82, 2.24) is 0 Å². The Balaban J connectivity index is 2.76. The molecule has 0 unspecified atom stereocenters. The Morgan fingerprint density at radius 3 is 2.00 bits per heavy atom. The van der Waals surface area contributed by atoms with Crippen molar-refractivity contribution in [3.63, 3.8) is 0 Å². The second-order valence-corrected chi connectivity index (χ2v) is 5.72. The third kappa shape index (κ3) is 4.10. The molecule has 0 fully saturated rings. The summed E-state index contributed by atoms with van der Waals surface area (Å²) in [5, 5.41) is 3.62. The molecule has 1 N–H and O–H groups in total. The Bertz CT molecular complexity index is 299. The molecule has 0 aliphatic heterocycles. The van der Waals surface area contributed by atoms with Gasteiger partial charge in [-0.3, -0.25) is 0 Å². The van der Waals surface area contributed by atoms with E-state index in [0.29, 0.717) is 6.04 Å². The van der Waals surface area contributed by atoms with E-state index in [0.717, 1.165) is 8.95 Å². The van der Waals surface area contributed by atoms with Crippen molar-refractivity contribution < 1.29 is 0 Å². The van der Waals surface area contributed by atoms with Crippen molar-refractivity contribution in [3.05, 3.63) is 27.1 Å². The van der Waals surface area contributed by atoms with Crippen molar-refractivity contribution in [2.24, 2.45) is 0 Å². The highest BCUT2D eigenvalue weighted by Crippen LogP contribution is 2.31. The first kappa shape index (κ1) is 14.0. The van der Waals surface area contributed by atoms with Gasteiger partial charge in [0.25, 0.3) is 0 Å². The molecule has 1 aromatic rings. The lowest BCUT2D eigenvalue weighted by Crippen LogP contribution is -2.19. The fraction of sp³-hybridized carbons (Fsp3) is 0.538. The van der Waals surface area contributed by atoms with E-state index in [1.54, 1.807) is 0 Å². The van der Waals surface area contributed by atoms with Crippen LogP contribution >= 0.6 is 31.9 Å². The van der Waals surface area contributed by atoms with Crippen LogP contribution in [-0.4, -0.2) is 6.04 Å². The molecule has 0 aliphatic carbocycles. The monoisotopic (exact) mass is 347 g/mol.